The van der Waals surface area contributed by atoms with Crippen LogP contribution in [-0.2, 0) is 0 Å². The van der Waals surface area contributed by atoms with Crippen molar-refractivity contribution in [3.8, 4) is 0 Å². The quantitative estimate of drug-likeness (QED) is 0.385. The number of hydrogen-bond acceptors (Lipinski definition) is 4. The van der Waals surface area contributed by atoms with Crippen LogP contribution in [0.25, 0.3) is 0 Å². The molecule has 1 aromatic rings. The lowest BCUT2D eigenvalue weighted by Crippen LogP contribution is -2.52. The van der Waals surface area contributed by atoms with Crippen molar-refractivity contribution in [2.24, 2.45) is 10.7 Å². The lowest BCUT2D eigenvalue weighted by atomic mass is 10.2. The Hall–Kier alpha value is -0.770. The fraction of sp³-hybridized carbons (Fsp3) is 0.632. The van der Waals surface area contributed by atoms with E-state index in [2.05, 4.69) is 50.7 Å². The third-order valence-electron chi connectivity index (χ3n) is 5.47. The molecule has 27 heavy (non-hydrogen) atoms. The Morgan fingerprint density at radius 1 is 1.04 bits per heavy atom. The zero-order chi connectivity index (χ0) is 18.5. The van der Waals surface area contributed by atoms with Crippen molar-refractivity contribution < 1.29 is 0 Å². The van der Waals surface area contributed by atoms with E-state index in [4.69, 9.17) is 17.3 Å². The number of rotatable bonds is 4. The van der Waals surface area contributed by atoms with Crippen LogP contribution in [0.3, 0.4) is 0 Å². The number of likely N-dealkylation sites (N-methyl/N-ethyl adjacent to an activating group) is 1. The van der Waals surface area contributed by atoms with Crippen LogP contribution in [0.15, 0.2) is 29.3 Å². The summed E-state index contributed by atoms with van der Waals surface area (Å²) >= 11 is 5.97. The Morgan fingerprint density at radius 2 is 1.63 bits per heavy atom. The first-order valence-corrected chi connectivity index (χ1v) is 9.88. The maximum Gasteiger partial charge on any atom is 0.191 e. The Bertz CT molecular complexity index is 595. The highest BCUT2D eigenvalue weighted by Gasteiger charge is 2.21. The second kappa shape index (κ2) is 10.7. The van der Waals surface area contributed by atoms with Crippen LogP contribution in [-0.4, -0.2) is 92.7 Å². The molecule has 0 saturated carbocycles. The molecule has 0 spiro atoms. The van der Waals surface area contributed by atoms with Gasteiger partial charge in [-0.25, -0.2) is 0 Å². The van der Waals surface area contributed by atoms with Gasteiger partial charge in [-0.05, 0) is 38.2 Å². The summed E-state index contributed by atoms with van der Waals surface area (Å²) in [4.78, 5) is 14.1. The first kappa shape index (κ1) is 22.5. The molecule has 3 rings (SSSR count). The molecule has 2 saturated heterocycles. The lowest BCUT2D eigenvalue weighted by Gasteiger charge is -2.37. The van der Waals surface area contributed by atoms with Gasteiger partial charge in [0.15, 0.2) is 5.96 Å². The molecular weight excluding hydrogens is 475 g/mol. The molecular formula is C19H32ClIN6. The maximum atomic E-state index is 6.27. The van der Waals surface area contributed by atoms with E-state index < -0.39 is 0 Å². The van der Waals surface area contributed by atoms with Gasteiger partial charge >= 0.3 is 0 Å². The second-order valence-corrected chi connectivity index (χ2v) is 7.77. The fourth-order valence-corrected chi connectivity index (χ4v) is 3.68. The minimum Gasteiger partial charge on any atom is -0.370 e. The highest BCUT2D eigenvalue weighted by atomic mass is 127. The fourth-order valence-electron chi connectivity index (χ4n) is 3.55. The van der Waals surface area contributed by atoms with E-state index in [1.807, 2.05) is 12.1 Å². The number of anilines is 1. The Balaban J connectivity index is 0.00000261. The highest BCUT2D eigenvalue weighted by molar-refractivity contribution is 14.0. The Morgan fingerprint density at radius 3 is 2.22 bits per heavy atom. The van der Waals surface area contributed by atoms with Crippen molar-refractivity contribution in [2.45, 2.75) is 13.0 Å². The van der Waals surface area contributed by atoms with Crippen LogP contribution < -0.4 is 10.6 Å². The van der Waals surface area contributed by atoms with Gasteiger partial charge in [0.05, 0.1) is 6.54 Å². The summed E-state index contributed by atoms with van der Waals surface area (Å²) < 4.78 is 0. The molecule has 1 unspecified atom stereocenters. The summed E-state index contributed by atoms with van der Waals surface area (Å²) in [6.45, 7) is 11.2. The maximum absolute atomic E-state index is 6.27. The van der Waals surface area contributed by atoms with E-state index in [0.29, 0.717) is 12.0 Å². The number of aliphatic imine (C=N–C) groups is 1. The largest absolute Gasteiger partial charge is 0.370 e. The number of benzene rings is 1. The van der Waals surface area contributed by atoms with Gasteiger partial charge in [-0.1, -0.05) is 11.6 Å². The number of hydrogen-bond donors (Lipinski definition) is 1. The summed E-state index contributed by atoms with van der Waals surface area (Å²) in [7, 11) is 2.18. The van der Waals surface area contributed by atoms with Crippen molar-refractivity contribution >= 4 is 47.2 Å². The predicted molar refractivity (Wildman–Crippen MR) is 126 cm³/mol. The molecule has 152 valence electrons. The lowest BCUT2D eigenvalue weighted by molar-refractivity contribution is 0.122. The normalized spacial score (nSPS) is 21.1. The third-order valence-corrected chi connectivity index (χ3v) is 5.73. The zero-order valence-corrected chi connectivity index (χ0v) is 19.4. The van der Waals surface area contributed by atoms with E-state index in [9.17, 15) is 0 Å². The monoisotopic (exact) mass is 506 g/mol. The van der Waals surface area contributed by atoms with E-state index in [1.165, 1.54) is 5.69 Å². The molecule has 0 radical (unpaired) electrons. The molecule has 0 aromatic heterocycles. The van der Waals surface area contributed by atoms with Gasteiger partial charge in [-0.2, -0.15) is 0 Å². The van der Waals surface area contributed by atoms with E-state index >= 15 is 0 Å². The number of piperazine rings is 2. The molecule has 1 aromatic carbocycles. The average Bonchev–Trinajstić information content (AvgIpc) is 2.67. The molecule has 0 aliphatic carbocycles. The first-order chi connectivity index (χ1) is 12.5. The van der Waals surface area contributed by atoms with Gasteiger partial charge in [-0.3, -0.25) is 9.89 Å². The van der Waals surface area contributed by atoms with E-state index in [0.717, 1.165) is 63.9 Å². The van der Waals surface area contributed by atoms with Crippen LogP contribution in [0.1, 0.15) is 6.92 Å². The molecule has 2 aliphatic rings. The molecule has 2 aliphatic heterocycles. The van der Waals surface area contributed by atoms with E-state index in [-0.39, 0.29) is 24.0 Å². The molecule has 2 N–H and O–H groups in total. The highest BCUT2D eigenvalue weighted by Crippen LogP contribution is 2.19. The van der Waals surface area contributed by atoms with Crippen molar-refractivity contribution in [3.63, 3.8) is 0 Å². The SMILES string of the molecule is CC(CN=C(N)N1CCN(c2ccc(Cl)cc2)CC1)N1CCN(C)CC1.I. The van der Waals surface area contributed by atoms with Crippen molar-refractivity contribution in [1.82, 2.24) is 14.7 Å². The molecule has 1 atom stereocenters. The molecule has 0 amide bonds. The van der Waals surface area contributed by atoms with E-state index in [1.54, 1.807) is 0 Å². The number of nitrogens with two attached hydrogens (primary N) is 1. The molecule has 8 heteroatoms. The van der Waals surface area contributed by atoms with Crippen LogP contribution in [0.2, 0.25) is 5.02 Å². The topological polar surface area (TPSA) is 51.3 Å². The van der Waals surface area contributed by atoms with Crippen LogP contribution >= 0.6 is 35.6 Å². The molecule has 6 nitrogen and oxygen atoms in total. The summed E-state index contributed by atoms with van der Waals surface area (Å²) in [5, 5.41) is 0.776. The Labute approximate surface area is 185 Å². The summed E-state index contributed by atoms with van der Waals surface area (Å²) in [6, 6.07) is 8.48. The smallest absolute Gasteiger partial charge is 0.191 e. The van der Waals surface area contributed by atoms with Crippen LogP contribution in [0, 0.1) is 0 Å². The van der Waals surface area contributed by atoms with Gasteiger partial charge in [0.2, 0.25) is 0 Å². The van der Waals surface area contributed by atoms with Crippen molar-refractivity contribution in [2.75, 3.05) is 70.9 Å². The molecule has 2 fully saturated rings. The van der Waals surface area contributed by atoms with Crippen LogP contribution in [0.4, 0.5) is 5.69 Å². The zero-order valence-electron chi connectivity index (χ0n) is 16.4. The van der Waals surface area contributed by atoms with Gasteiger partial charge < -0.3 is 20.4 Å². The van der Waals surface area contributed by atoms with Gasteiger partial charge in [-0.15, -0.1) is 24.0 Å². The summed E-state index contributed by atoms with van der Waals surface area (Å²) in [6.07, 6.45) is 0. The minimum absolute atomic E-state index is 0. The standard InChI is InChI=1S/C19H31ClN6.HI/c1-16(24-9-7-23(2)8-10-24)15-22-19(21)26-13-11-25(12-14-26)18-5-3-17(20)4-6-18;/h3-6,16H,7-15H2,1-2H3,(H2,21,22);1H. The van der Waals surface area contributed by atoms with Gasteiger partial charge in [0.25, 0.3) is 0 Å². The molecule has 0 bridgehead atoms. The van der Waals surface area contributed by atoms with Crippen LogP contribution in [0.5, 0.6) is 0 Å². The second-order valence-electron chi connectivity index (χ2n) is 7.34. The summed E-state index contributed by atoms with van der Waals surface area (Å²) in [5.41, 5.74) is 7.48. The average molecular weight is 507 g/mol. The number of nitrogens with zero attached hydrogens (tertiary/aromatic N) is 5. The molecule has 2 heterocycles. The predicted octanol–water partition coefficient (Wildman–Crippen LogP) is 2.03. The third kappa shape index (κ3) is 6.37. The summed E-state index contributed by atoms with van der Waals surface area (Å²) in [5.74, 6) is 0.682. The first-order valence-electron chi connectivity index (χ1n) is 9.51. The van der Waals surface area contributed by atoms with Gasteiger partial charge in [0, 0.05) is 69.1 Å². The van der Waals surface area contributed by atoms with Crippen molar-refractivity contribution in [1.29, 1.82) is 0 Å². The number of guanidine groups is 1. The van der Waals surface area contributed by atoms with Crippen molar-refractivity contribution in [3.05, 3.63) is 29.3 Å². The van der Waals surface area contributed by atoms with Gasteiger partial charge in [0.1, 0.15) is 0 Å². The number of halogens is 2. The minimum atomic E-state index is 0. The Kier molecular flexibility index (Phi) is 8.91.